The molecule has 2 aliphatic heterocycles. The van der Waals surface area contributed by atoms with Crippen LogP contribution >= 0.6 is 11.6 Å². The quantitative estimate of drug-likeness (QED) is 0.800. The van der Waals surface area contributed by atoms with Gasteiger partial charge in [-0.15, -0.1) is 11.6 Å². The van der Waals surface area contributed by atoms with E-state index in [9.17, 15) is 4.79 Å². The predicted octanol–water partition coefficient (Wildman–Crippen LogP) is 2.74. The third-order valence-corrected chi connectivity index (χ3v) is 4.77. The van der Waals surface area contributed by atoms with Gasteiger partial charge in [0.25, 0.3) is 5.91 Å². The zero-order valence-electron chi connectivity index (χ0n) is 11.7. The highest BCUT2D eigenvalue weighted by Crippen LogP contribution is 2.22. The Bertz CT molecular complexity index is 468. The molecule has 3 nitrogen and oxygen atoms in total. The summed E-state index contributed by atoms with van der Waals surface area (Å²) in [6.45, 7) is 4.18. The molecule has 3 rings (SSSR count). The maximum Gasteiger partial charge on any atom is 0.253 e. The predicted molar refractivity (Wildman–Crippen MR) is 81.1 cm³/mol. The lowest BCUT2D eigenvalue weighted by Crippen LogP contribution is -2.37. The third kappa shape index (κ3) is 2.84. The molecule has 1 aromatic rings. The van der Waals surface area contributed by atoms with E-state index in [0.29, 0.717) is 11.9 Å². The van der Waals surface area contributed by atoms with Gasteiger partial charge in [-0.25, -0.2) is 0 Å². The lowest BCUT2D eigenvalue weighted by atomic mass is 10.1. The first-order valence-corrected chi connectivity index (χ1v) is 7.99. The van der Waals surface area contributed by atoms with Crippen molar-refractivity contribution in [2.45, 2.75) is 31.2 Å². The van der Waals surface area contributed by atoms with Gasteiger partial charge in [0.1, 0.15) is 0 Å². The van der Waals surface area contributed by atoms with E-state index in [0.717, 1.165) is 30.6 Å². The summed E-state index contributed by atoms with van der Waals surface area (Å²) < 4.78 is 0. The molecular formula is C16H21ClN2O. The molecule has 0 aliphatic carbocycles. The number of hydrogen-bond acceptors (Lipinski definition) is 2. The lowest BCUT2D eigenvalue weighted by Gasteiger charge is -2.23. The van der Waals surface area contributed by atoms with Gasteiger partial charge in [-0.3, -0.25) is 9.69 Å². The highest BCUT2D eigenvalue weighted by molar-refractivity contribution is 6.17. The Morgan fingerprint density at radius 3 is 2.50 bits per heavy atom. The highest BCUT2D eigenvalue weighted by atomic mass is 35.5. The SMILES string of the molecule is O=C(c1ccc(CCl)cc1)N1CC[C@H](N2CCCC2)C1. The van der Waals surface area contributed by atoms with Crippen LogP contribution in [0.4, 0.5) is 0 Å². The van der Waals surface area contributed by atoms with Gasteiger partial charge in [0, 0.05) is 30.6 Å². The van der Waals surface area contributed by atoms with Gasteiger partial charge >= 0.3 is 0 Å². The number of nitrogens with zero attached hydrogens (tertiary/aromatic N) is 2. The molecular weight excluding hydrogens is 272 g/mol. The average Bonchev–Trinajstić information content (AvgIpc) is 3.17. The number of carbonyl (C=O) groups is 1. The Morgan fingerprint density at radius 1 is 1.15 bits per heavy atom. The second kappa shape index (κ2) is 6.15. The van der Waals surface area contributed by atoms with Crippen LogP contribution < -0.4 is 0 Å². The fourth-order valence-electron chi connectivity index (χ4n) is 3.25. The van der Waals surface area contributed by atoms with E-state index in [2.05, 4.69) is 4.90 Å². The van der Waals surface area contributed by atoms with Crippen LogP contribution in [0.15, 0.2) is 24.3 Å². The molecule has 0 aromatic heterocycles. The van der Waals surface area contributed by atoms with Crippen LogP contribution in [0.25, 0.3) is 0 Å². The highest BCUT2D eigenvalue weighted by Gasteiger charge is 2.31. The van der Waals surface area contributed by atoms with Gasteiger partial charge in [-0.1, -0.05) is 12.1 Å². The zero-order chi connectivity index (χ0) is 13.9. The second-order valence-electron chi connectivity index (χ2n) is 5.77. The van der Waals surface area contributed by atoms with Gasteiger partial charge in [-0.05, 0) is 50.0 Å². The number of benzene rings is 1. The number of hydrogen-bond donors (Lipinski definition) is 0. The summed E-state index contributed by atoms with van der Waals surface area (Å²) in [5.74, 6) is 0.655. The van der Waals surface area contributed by atoms with E-state index in [4.69, 9.17) is 11.6 Å². The van der Waals surface area contributed by atoms with E-state index < -0.39 is 0 Å². The van der Waals surface area contributed by atoms with Crippen molar-refractivity contribution in [2.24, 2.45) is 0 Å². The monoisotopic (exact) mass is 292 g/mol. The molecule has 0 unspecified atom stereocenters. The molecule has 2 aliphatic rings. The van der Waals surface area contributed by atoms with Crippen LogP contribution in [0.5, 0.6) is 0 Å². The topological polar surface area (TPSA) is 23.6 Å². The van der Waals surface area contributed by atoms with E-state index >= 15 is 0 Å². The Kier molecular flexibility index (Phi) is 4.27. The molecule has 1 atom stereocenters. The van der Waals surface area contributed by atoms with Crippen molar-refractivity contribution >= 4 is 17.5 Å². The molecule has 2 fully saturated rings. The molecule has 0 bridgehead atoms. The number of rotatable bonds is 3. The van der Waals surface area contributed by atoms with Crippen molar-refractivity contribution in [1.82, 2.24) is 9.80 Å². The summed E-state index contributed by atoms with van der Waals surface area (Å²) in [6.07, 6.45) is 3.74. The molecule has 1 aromatic carbocycles. The van der Waals surface area contributed by atoms with E-state index in [1.54, 1.807) is 0 Å². The summed E-state index contributed by atoms with van der Waals surface area (Å²) >= 11 is 5.78. The standard InChI is InChI=1S/C16H21ClN2O/c17-11-13-3-5-14(6-4-13)16(20)19-10-7-15(12-19)18-8-1-2-9-18/h3-6,15H,1-2,7-12H2/t15-/m0/s1. The fourth-order valence-corrected chi connectivity index (χ4v) is 3.43. The van der Waals surface area contributed by atoms with Crippen LogP contribution in [0.2, 0.25) is 0 Å². The number of carbonyl (C=O) groups excluding carboxylic acids is 1. The molecule has 108 valence electrons. The zero-order valence-corrected chi connectivity index (χ0v) is 12.5. The number of amides is 1. The molecule has 1 amide bonds. The molecule has 4 heteroatoms. The van der Waals surface area contributed by atoms with Crippen molar-refractivity contribution in [3.05, 3.63) is 35.4 Å². The Labute approximate surface area is 125 Å². The maximum atomic E-state index is 12.5. The molecule has 0 N–H and O–H groups in total. The number of likely N-dealkylation sites (tertiary alicyclic amines) is 2. The number of alkyl halides is 1. The summed E-state index contributed by atoms with van der Waals surface area (Å²) in [7, 11) is 0. The van der Waals surface area contributed by atoms with Crippen molar-refractivity contribution in [2.75, 3.05) is 26.2 Å². The summed E-state index contributed by atoms with van der Waals surface area (Å²) in [5.41, 5.74) is 1.83. The number of halogens is 1. The van der Waals surface area contributed by atoms with E-state index in [1.807, 2.05) is 29.2 Å². The van der Waals surface area contributed by atoms with Crippen molar-refractivity contribution < 1.29 is 4.79 Å². The first kappa shape index (κ1) is 13.9. The molecule has 0 radical (unpaired) electrons. The van der Waals surface area contributed by atoms with Crippen LogP contribution in [0, 0.1) is 0 Å². The summed E-state index contributed by atoms with van der Waals surface area (Å²) in [4.78, 5) is 17.0. The van der Waals surface area contributed by atoms with Gasteiger partial charge in [0.2, 0.25) is 0 Å². The first-order chi connectivity index (χ1) is 9.78. The smallest absolute Gasteiger partial charge is 0.253 e. The van der Waals surface area contributed by atoms with Crippen LogP contribution in [0.1, 0.15) is 35.2 Å². The maximum absolute atomic E-state index is 12.5. The lowest BCUT2D eigenvalue weighted by molar-refractivity contribution is 0.0780. The van der Waals surface area contributed by atoms with E-state index in [1.165, 1.54) is 25.9 Å². The largest absolute Gasteiger partial charge is 0.337 e. The minimum absolute atomic E-state index is 0.160. The first-order valence-electron chi connectivity index (χ1n) is 7.46. The third-order valence-electron chi connectivity index (χ3n) is 4.46. The van der Waals surface area contributed by atoms with Gasteiger partial charge in [-0.2, -0.15) is 0 Å². The minimum Gasteiger partial charge on any atom is -0.337 e. The Hall–Kier alpha value is -1.06. The van der Waals surface area contributed by atoms with Crippen molar-refractivity contribution in [3.8, 4) is 0 Å². The van der Waals surface area contributed by atoms with E-state index in [-0.39, 0.29) is 5.91 Å². The second-order valence-corrected chi connectivity index (χ2v) is 6.03. The van der Waals surface area contributed by atoms with Gasteiger partial charge < -0.3 is 4.90 Å². The average molecular weight is 293 g/mol. The normalized spacial score (nSPS) is 23.4. The minimum atomic E-state index is 0.160. The molecule has 2 saturated heterocycles. The summed E-state index contributed by atoms with van der Waals surface area (Å²) in [6, 6.07) is 8.23. The molecule has 0 spiro atoms. The van der Waals surface area contributed by atoms with Gasteiger partial charge in [0.05, 0.1) is 0 Å². The molecule has 20 heavy (non-hydrogen) atoms. The Balaban J connectivity index is 1.62. The fraction of sp³-hybridized carbons (Fsp3) is 0.562. The van der Waals surface area contributed by atoms with Crippen LogP contribution in [-0.2, 0) is 5.88 Å². The molecule has 0 saturated carbocycles. The van der Waals surface area contributed by atoms with Crippen molar-refractivity contribution in [1.29, 1.82) is 0 Å². The molecule has 2 heterocycles. The van der Waals surface area contributed by atoms with Crippen molar-refractivity contribution in [3.63, 3.8) is 0 Å². The van der Waals surface area contributed by atoms with Gasteiger partial charge in [0.15, 0.2) is 0 Å². The van der Waals surface area contributed by atoms with Crippen LogP contribution in [-0.4, -0.2) is 47.9 Å². The summed E-state index contributed by atoms with van der Waals surface area (Å²) in [5, 5.41) is 0. The van der Waals surface area contributed by atoms with Crippen LogP contribution in [0.3, 0.4) is 0 Å². The Morgan fingerprint density at radius 2 is 1.85 bits per heavy atom.